The second kappa shape index (κ2) is 6.00. The van der Waals surface area contributed by atoms with Crippen molar-refractivity contribution < 1.29 is 14.3 Å². The fraction of sp³-hybridized carbons (Fsp3) is 0.500. The molecule has 1 aliphatic carbocycles. The lowest BCUT2D eigenvalue weighted by atomic mass is 9.82. The van der Waals surface area contributed by atoms with Gasteiger partial charge in [-0.05, 0) is 44.1 Å². The zero-order valence-corrected chi connectivity index (χ0v) is 11.5. The van der Waals surface area contributed by atoms with Crippen molar-refractivity contribution in [3.63, 3.8) is 0 Å². The number of ketones is 1. The van der Waals surface area contributed by atoms with Crippen LogP contribution in [0.4, 0.5) is 0 Å². The minimum atomic E-state index is -0.186. The molecule has 0 bridgehead atoms. The van der Waals surface area contributed by atoms with E-state index in [1.54, 1.807) is 6.92 Å². The topological polar surface area (TPSA) is 43.4 Å². The minimum Gasteiger partial charge on any atom is -0.463 e. The molecule has 0 N–H and O–H groups in total. The van der Waals surface area contributed by atoms with E-state index < -0.39 is 0 Å². The summed E-state index contributed by atoms with van der Waals surface area (Å²) in [7, 11) is 0. The van der Waals surface area contributed by atoms with Gasteiger partial charge in [0.15, 0.2) is 5.78 Å². The van der Waals surface area contributed by atoms with Gasteiger partial charge in [0.25, 0.3) is 0 Å². The molecule has 0 unspecified atom stereocenters. The van der Waals surface area contributed by atoms with E-state index in [2.05, 4.69) is 0 Å². The average Bonchev–Trinajstić information content (AvgIpc) is 2.39. The molecule has 0 spiro atoms. The number of benzene rings is 1. The van der Waals surface area contributed by atoms with E-state index in [1.165, 1.54) is 12.5 Å². The van der Waals surface area contributed by atoms with Gasteiger partial charge in [0, 0.05) is 12.5 Å². The van der Waals surface area contributed by atoms with Gasteiger partial charge in [-0.2, -0.15) is 0 Å². The van der Waals surface area contributed by atoms with E-state index in [1.807, 2.05) is 24.3 Å². The molecule has 0 radical (unpaired) electrons. The Balaban J connectivity index is 1.94. The number of ether oxygens (including phenoxy) is 1. The van der Waals surface area contributed by atoms with Gasteiger partial charge in [-0.3, -0.25) is 9.59 Å². The molecule has 1 fully saturated rings. The fourth-order valence-corrected chi connectivity index (χ4v) is 2.74. The van der Waals surface area contributed by atoms with Gasteiger partial charge in [-0.25, -0.2) is 0 Å². The highest BCUT2D eigenvalue weighted by atomic mass is 16.5. The van der Waals surface area contributed by atoms with Crippen molar-refractivity contribution in [3.05, 3.63) is 35.4 Å². The molecule has 0 saturated heterocycles. The maximum atomic E-state index is 11.2. The Hall–Kier alpha value is -1.64. The van der Waals surface area contributed by atoms with Crippen LogP contribution in [0.2, 0.25) is 0 Å². The highest BCUT2D eigenvalue weighted by molar-refractivity contribution is 5.94. The Morgan fingerprint density at radius 1 is 1.00 bits per heavy atom. The van der Waals surface area contributed by atoms with E-state index in [-0.39, 0.29) is 17.9 Å². The van der Waals surface area contributed by atoms with Crippen LogP contribution in [-0.4, -0.2) is 17.9 Å². The SMILES string of the molecule is CC(=O)OC1CCC(c2ccc(C(C)=O)cc2)CC1. The second-order valence-electron chi connectivity index (χ2n) is 5.26. The number of Topliss-reactive ketones (excluding diaryl/α,β-unsaturated/α-hetero) is 1. The Labute approximate surface area is 114 Å². The van der Waals surface area contributed by atoms with Gasteiger partial charge in [-0.1, -0.05) is 24.3 Å². The Bertz CT molecular complexity index is 453. The maximum Gasteiger partial charge on any atom is 0.302 e. The molecule has 19 heavy (non-hydrogen) atoms. The van der Waals surface area contributed by atoms with Crippen LogP contribution in [0.3, 0.4) is 0 Å². The fourth-order valence-electron chi connectivity index (χ4n) is 2.74. The van der Waals surface area contributed by atoms with Crippen LogP contribution < -0.4 is 0 Å². The first-order chi connectivity index (χ1) is 9.06. The maximum absolute atomic E-state index is 11.2. The molecule has 1 saturated carbocycles. The van der Waals surface area contributed by atoms with Crippen molar-refractivity contribution in [2.75, 3.05) is 0 Å². The van der Waals surface area contributed by atoms with Crippen LogP contribution in [0.5, 0.6) is 0 Å². The smallest absolute Gasteiger partial charge is 0.302 e. The molecule has 102 valence electrons. The van der Waals surface area contributed by atoms with Crippen LogP contribution in [0.25, 0.3) is 0 Å². The van der Waals surface area contributed by atoms with E-state index in [0.29, 0.717) is 5.92 Å². The van der Waals surface area contributed by atoms with E-state index in [9.17, 15) is 9.59 Å². The van der Waals surface area contributed by atoms with Crippen LogP contribution in [0, 0.1) is 0 Å². The van der Waals surface area contributed by atoms with Crippen molar-refractivity contribution in [1.29, 1.82) is 0 Å². The summed E-state index contributed by atoms with van der Waals surface area (Å²) in [4.78, 5) is 22.1. The number of carbonyl (C=O) groups is 2. The molecule has 0 atom stereocenters. The monoisotopic (exact) mass is 260 g/mol. The molecular formula is C16H20O3. The largest absolute Gasteiger partial charge is 0.463 e. The minimum absolute atomic E-state index is 0.0882. The van der Waals surface area contributed by atoms with E-state index in [0.717, 1.165) is 31.2 Å². The molecule has 3 heteroatoms. The van der Waals surface area contributed by atoms with Crippen molar-refractivity contribution in [3.8, 4) is 0 Å². The predicted molar refractivity (Wildman–Crippen MR) is 73.2 cm³/mol. The normalized spacial score (nSPS) is 22.8. The lowest BCUT2D eigenvalue weighted by Gasteiger charge is -2.28. The molecule has 0 aromatic heterocycles. The highest BCUT2D eigenvalue weighted by Gasteiger charge is 2.24. The van der Waals surface area contributed by atoms with Gasteiger partial charge in [-0.15, -0.1) is 0 Å². The Kier molecular flexibility index (Phi) is 4.35. The predicted octanol–water partition coefficient (Wildman–Crippen LogP) is 3.48. The summed E-state index contributed by atoms with van der Waals surface area (Å²) in [5.41, 5.74) is 2.05. The van der Waals surface area contributed by atoms with Crippen molar-refractivity contribution in [1.82, 2.24) is 0 Å². The van der Waals surface area contributed by atoms with Crippen LogP contribution in [-0.2, 0) is 9.53 Å². The number of esters is 1. The lowest BCUT2D eigenvalue weighted by Crippen LogP contribution is -2.22. The van der Waals surface area contributed by atoms with Gasteiger partial charge < -0.3 is 4.74 Å². The molecule has 2 rings (SSSR count). The van der Waals surface area contributed by atoms with Gasteiger partial charge in [0.2, 0.25) is 0 Å². The van der Waals surface area contributed by atoms with Crippen LogP contribution in [0.15, 0.2) is 24.3 Å². The lowest BCUT2D eigenvalue weighted by molar-refractivity contribution is -0.147. The zero-order chi connectivity index (χ0) is 13.8. The summed E-state index contributed by atoms with van der Waals surface area (Å²) in [6, 6.07) is 7.90. The van der Waals surface area contributed by atoms with Crippen LogP contribution in [0.1, 0.15) is 61.4 Å². The molecule has 1 aromatic rings. The summed E-state index contributed by atoms with van der Waals surface area (Å²) in [5, 5.41) is 0. The summed E-state index contributed by atoms with van der Waals surface area (Å²) in [6.07, 6.45) is 4.02. The summed E-state index contributed by atoms with van der Waals surface area (Å²) in [5.74, 6) is 0.437. The molecule has 3 nitrogen and oxygen atoms in total. The van der Waals surface area contributed by atoms with Crippen molar-refractivity contribution >= 4 is 11.8 Å². The Morgan fingerprint density at radius 3 is 2.05 bits per heavy atom. The summed E-state index contributed by atoms with van der Waals surface area (Å²) in [6.45, 7) is 3.05. The van der Waals surface area contributed by atoms with Crippen molar-refractivity contribution in [2.24, 2.45) is 0 Å². The summed E-state index contributed by atoms with van der Waals surface area (Å²) < 4.78 is 5.24. The van der Waals surface area contributed by atoms with E-state index in [4.69, 9.17) is 4.74 Å². The molecule has 0 aliphatic heterocycles. The Morgan fingerprint density at radius 2 is 1.58 bits per heavy atom. The zero-order valence-electron chi connectivity index (χ0n) is 11.5. The van der Waals surface area contributed by atoms with Crippen LogP contribution >= 0.6 is 0 Å². The third kappa shape index (κ3) is 3.66. The molecular weight excluding hydrogens is 240 g/mol. The first kappa shape index (κ1) is 13.8. The second-order valence-corrected chi connectivity index (χ2v) is 5.26. The summed E-state index contributed by atoms with van der Waals surface area (Å²) >= 11 is 0. The third-order valence-corrected chi connectivity index (χ3v) is 3.80. The number of rotatable bonds is 3. The molecule has 1 aliphatic rings. The first-order valence-corrected chi connectivity index (χ1v) is 6.84. The number of hydrogen-bond donors (Lipinski definition) is 0. The standard InChI is InChI=1S/C16H20O3/c1-11(17)13-3-5-14(6-4-13)15-7-9-16(10-8-15)19-12(2)18/h3-6,15-16H,7-10H2,1-2H3. The molecule has 1 aromatic carbocycles. The first-order valence-electron chi connectivity index (χ1n) is 6.84. The highest BCUT2D eigenvalue weighted by Crippen LogP contribution is 2.34. The van der Waals surface area contributed by atoms with Gasteiger partial charge >= 0.3 is 5.97 Å². The van der Waals surface area contributed by atoms with E-state index >= 15 is 0 Å². The molecule has 0 amide bonds. The average molecular weight is 260 g/mol. The van der Waals surface area contributed by atoms with Gasteiger partial charge in [0.1, 0.15) is 6.10 Å². The quantitative estimate of drug-likeness (QED) is 0.617. The van der Waals surface area contributed by atoms with Crippen molar-refractivity contribution in [2.45, 2.75) is 51.6 Å². The van der Waals surface area contributed by atoms with Gasteiger partial charge in [0.05, 0.1) is 0 Å². The number of hydrogen-bond acceptors (Lipinski definition) is 3. The number of carbonyl (C=O) groups excluding carboxylic acids is 2. The third-order valence-electron chi connectivity index (χ3n) is 3.80. The molecule has 0 heterocycles.